The van der Waals surface area contributed by atoms with E-state index in [1.807, 2.05) is 0 Å². The third-order valence-electron chi connectivity index (χ3n) is 7.02. The maximum atomic E-state index is 13.0. The third-order valence-corrected chi connectivity index (χ3v) is 7.02. The normalized spacial score (nSPS) is 35.6. The predicted molar refractivity (Wildman–Crippen MR) is 95.4 cm³/mol. The summed E-state index contributed by atoms with van der Waals surface area (Å²) in [6.45, 7) is 1.66. The Morgan fingerprint density at radius 2 is 1.46 bits per heavy atom. The fraction of sp³-hybridized carbons (Fsp3) is 0.571. The molecule has 4 saturated carbocycles. The van der Waals surface area contributed by atoms with Gasteiger partial charge in [0.05, 0.1) is 11.1 Å². The maximum absolute atomic E-state index is 13.0. The zero-order valence-electron chi connectivity index (χ0n) is 15.0. The molecule has 0 aromatic heterocycles. The summed E-state index contributed by atoms with van der Waals surface area (Å²) < 4.78 is 0. The molecule has 4 bridgehead atoms. The molecule has 5 nitrogen and oxygen atoms in total. The highest BCUT2D eigenvalue weighted by molar-refractivity contribution is 6.22. The van der Waals surface area contributed by atoms with Crippen LogP contribution in [0.25, 0.3) is 0 Å². The molecule has 1 heterocycles. The molecular weight excluding hydrogens is 328 g/mol. The maximum Gasteiger partial charge on any atom is 0.262 e. The molecule has 5 aliphatic rings. The average Bonchev–Trinajstić information content (AvgIpc) is 2.84. The van der Waals surface area contributed by atoms with E-state index in [9.17, 15) is 14.4 Å². The number of nitrogens with zero attached hydrogens (tertiary/aromatic N) is 1. The molecule has 1 aromatic carbocycles. The minimum atomic E-state index is -0.782. The van der Waals surface area contributed by atoms with E-state index >= 15 is 0 Å². The molecular formula is C21H24N2O3. The van der Waals surface area contributed by atoms with Gasteiger partial charge in [0.15, 0.2) is 0 Å². The van der Waals surface area contributed by atoms with Crippen LogP contribution in [0.4, 0.5) is 0 Å². The lowest BCUT2D eigenvalue weighted by Crippen LogP contribution is -2.62. The highest BCUT2D eigenvalue weighted by Crippen LogP contribution is 2.55. The van der Waals surface area contributed by atoms with E-state index in [0.717, 1.165) is 41.9 Å². The van der Waals surface area contributed by atoms with Gasteiger partial charge in [0.1, 0.15) is 6.04 Å². The lowest BCUT2D eigenvalue weighted by Gasteiger charge is -2.57. The number of imide groups is 1. The van der Waals surface area contributed by atoms with Crippen LogP contribution in [0, 0.1) is 17.8 Å². The molecule has 4 aliphatic carbocycles. The van der Waals surface area contributed by atoms with E-state index in [0.29, 0.717) is 11.1 Å². The number of amides is 3. The van der Waals surface area contributed by atoms with E-state index in [1.165, 1.54) is 19.3 Å². The molecule has 6 rings (SSSR count). The molecule has 4 fully saturated rings. The SMILES string of the molecule is CC(C(=O)NC12CC3CC(CC(C3)C1)C2)N1C(=O)c2ccccc2C1=O. The molecule has 5 heteroatoms. The Labute approximate surface area is 153 Å². The zero-order valence-corrected chi connectivity index (χ0v) is 15.0. The van der Waals surface area contributed by atoms with Gasteiger partial charge in [-0.25, -0.2) is 0 Å². The summed E-state index contributed by atoms with van der Waals surface area (Å²) >= 11 is 0. The molecule has 3 amide bonds. The van der Waals surface area contributed by atoms with Crippen molar-refractivity contribution in [3.63, 3.8) is 0 Å². The predicted octanol–water partition coefficient (Wildman–Crippen LogP) is 2.76. The van der Waals surface area contributed by atoms with Crippen LogP contribution in [-0.4, -0.2) is 34.2 Å². The van der Waals surface area contributed by atoms with Crippen molar-refractivity contribution in [3.05, 3.63) is 35.4 Å². The minimum absolute atomic E-state index is 0.112. The van der Waals surface area contributed by atoms with E-state index < -0.39 is 6.04 Å². The second kappa shape index (κ2) is 5.41. The highest BCUT2D eigenvalue weighted by Gasteiger charge is 2.52. The van der Waals surface area contributed by atoms with E-state index in [4.69, 9.17) is 0 Å². The van der Waals surface area contributed by atoms with Crippen LogP contribution in [0.3, 0.4) is 0 Å². The summed E-state index contributed by atoms with van der Waals surface area (Å²) in [5, 5.41) is 3.28. The van der Waals surface area contributed by atoms with Crippen LogP contribution in [0.15, 0.2) is 24.3 Å². The van der Waals surface area contributed by atoms with Gasteiger partial charge in [-0.1, -0.05) is 12.1 Å². The Hall–Kier alpha value is -2.17. The van der Waals surface area contributed by atoms with Crippen molar-refractivity contribution in [2.75, 3.05) is 0 Å². The average molecular weight is 352 g/mol. The molecule has 26 heavy (non-hydrogen) atoms. The highest BCUT2D eigenvalue weighted by atomic mass is 16.2. The van der Waals surface area contributed by atoms with Crippen molar-refractivity contribution in [1.29, 1.82) is 0 Å². The molecule has 1 aromatic rings. The van der Waals surface area contributed by atoms with Crippen molar-refractivity contribution in [3.8, 4) is 0 Å². The van der Waals surface area contributed by atoms with Crippen LogP contribution in [0.2, 0.25) is 0 Å². The number of benzene rings is 1. The Kier molecular flexibility index (Phi) is 3.34. The van der Waals surface area contributed by atoms with Gasteiger partial charge >= 0.3 is 0 Å². The van der Waals surface area contributed by atoms with Gasteiger partial charge in [-0.2, -0.15) is 0 Å². The van der Waals surface area contributed by atoms with Gasteiger partial charge < -0.3 is 5.32 Å². The number of hydrogen-bond donors (Lipinski definition) is 1. The number of nitrogens with one attached hydrogen (secondary N) is 1. The molecule has 1 unspecified atom stereocenters. The van der Waals surface area contributed by atoms with Crippen LogP contribution in [0.5, 0.6) is 0 Å². The number of fused-ring (bicyclic) bond motifs is 1. The first-order valence-corrected chi connectivity index (χ1v) is 9.75. The van der Waals surface area contributed by atoms with E-state index in [1.54, 1.807) is 31.2 Å². The van der Waals surface area contributed by atoms with Crippen LogP contribution in [-0.2, 0) is 4.79 Å². The standard InChI is InChI=1S/C21H24N2O3/c1-12(23-19(25)16-4-2-3-5-17(16)20(23)26)18(24)22-21-9-13-6-14(10-21)8-15(7-13)11-21/h2-5,12-15H,6-11H2,1H3,(H,22,24). The van der Waals surface area contributed by atoms with Crippen LogP contribution in [0.1, 0.15) is 66.2 Å². The summed E-state index contributed by atoms with van der Waals surface area (Å²) in [7, 11) is 0. The number of rotatable bonds is 3. The Morgan fingerprint density at radius 1 is 1.00 bits per heavy atom. The fourth-order valence-electron chi connectivity index (χ4n) is 6.31. The molecule has 1 N–H and O–H groups in total. The Balaban J connectivity index is 1.35. The number of hydrogen-bond acceptors (Lipinski definition) is 3. The van der Waals surface area contributed by atoms with Gasteiger partial charge in [0, 0.05) is 5.54 Å². The second-order valence-corrected chi connectivity index (χ2v) is 8.89. The van der Waals surface area contributed by atoms with Crippen molar-refractivity contribution in [2.45, 2.75) is 57.0 Å². The minimum Gasteiger partial charge on any atom is -0.349 e. The number of carbonyl (C=O) groups excluding carboxylic acids is 3. The first kappa shape index (κ1) is 16.0. The Morgan fingerprint density at radius 3 is 1.92 bits per heavy atom. The largest absolute Gasteiger partial charge is 0.349 e. The molecule has 0 radical (unpaired) electrons. The van der Waals surface area contributed by atoms with E-state index in [2.05, 4.69) is 5.32 Å². The number of carbonyl (C=O) groups is 3. The second-order valence-electron chi connectivity index (χ2n) is 8.89. The quantitative estimate of drug-likeness (QED) is 0.851. The smallest absolute Gasteiger partial charge is 0.262 e. The molecule has 1 aliphatic heterocycles. The van der Waals surface area contributed by atoms with Crippen LogP contribution >= 0.6 is 0 Å². The van der Waals surface area contributed by atoms with Crippen LogP contribution < -0.4 is 5.32 Å². The lowest BCUT2D eigenvalue weighted by molar-refractivity contribution is -0.130. The van der Waals surface area contributed by atoms with Gasteiger partial charge in [-0.15, -0.1) is 0 Å². The van der Waals surface area contributed by atoms with Gasteiger partial charge in [-0.3, -0.25) is 19.3 Å². The molecule has 0 saturated heterocycles. The fourth-order valence-corrected chi connectivity index (χ4v) is 6.31. The molecule has 1 atom stereocenters. The van der Waals surface area contributed by atoms with Gasteiger partial charge in [0.25, 0.3) is 11.8 Å². The topological polar surface area (TPSA) is 66.5 Å². The first-order chi connectivity index (χ1) is 12.5. The van der Waals surface area contributed by atoms with Crippen molar-refractivity contribution in [1.82, 2.24) is 10.2 Å². The summed E-state index contributed by atoms with van der Waals surface area (Å²) in [5.74, 6) is 1.28. The summed E-state index contributed by atoms with van der Waals surface area (Å²) in [5.41, 5.74) is 0.678. The lowest BCUT2D eigenvalue weighted by atomic mass is 9.53. The third kappa shape index (κ3) is 2.25. The molecule has 0 spiro atoms. The van der Waals surface area contributed by atoms with Crippen molar-refractivity contribution >= 4 is 17.7 Å². The van der Waals surface area contributed by atoms with Gasteiger partial charge in [0.2, 0.25) is 5.91 Å². The summed E-state index contributed by atoms with van der Waals surface area (Å²) in [4.78, 5) is 39.4. The first-order valence-electron chi connectivity index (χ1n) is 9.75. The monoisotopic (exact) mass is 352 g/mol. The van der Waals surface area contributed by atoms with E-state index in [-0.39, 0.29) is 23.3 Å². The zero-order chi connectivity index (χ0) is 18.1. The van der Waals surface area contributed by atoms with Crippen molar-refractivity contribution < 1.29 is 14.4 Å². The summed E-state index contributed by atoms with van der Waals surface area (Å²) in [6.07, 6.45) is 7.09. The van der Waals surface area contributed by atoms with Gasteiger partial charge in [-0.05, 0) is 75.3 Å². The van der Waals surface area contributed by atoms with Crippen molar-refractivity contribution in [2.24, 2.45) is 17.8 Å². The Bertz CT molecular complexity index is 745. The molecule has 136 valence electrons. The summed E-state index contributed by atoms with van der Waals surface area (Å²) in [6, 6.07) is 6.01.